The number of carbonyl (C=O) groups is 2. The highest BCUT2D eigenvalue weighted by Crippen LogP contribution is 2.16. The van der Waals surface area contributed by atoms with Gasteiger partial charge in [-0.3, -0.25) is 14.7 Å². The minimum absolute atomic E-state index is 0.0948. The van der Waals surface area contributed by atoms with Gasteiger partial charge in [-0.25, -0.2) is 9.59 Å². The molecule has 0 saturated heterocycles. The molecule has 0 unspecified atom stereocenters. The summed E-state index contributed by atoms with van der Waals surface area (Å²) in [6.45, 7) is 4.42. The van der Waals surface area contributed by atoms with Gasteiger partial charge in [-0.1, -0.05) is 32.0 Å². The number of nitrogens with one attached hydrogen (secondary N) is 2. The summed E-state index contributed by atoms with van der Waals surface area (Å²) in [7, 11) is 0. The number of hydrogen-bond acceptors (Lipinski definition) is 5. The van der Waals surface area contributed by atoms with Crippen molar-refractivity contribution in [3.05, 3.63) is 59.1 Å². The molecule has 0 aliphatic heterocycles. The number of hydrogen-bond donors (Lipinski definition) is 2. The molecule has 8 heteroatoms. The summed E-state index contributed by atoms with van der Waals surface area (Å²) >= 11 is 0. The zero-order chi connectivity index (χ0) is 20.8. The van der Waals surface area contributed by atoms with E-state index >= 15 is 0 Å². The molecule has 0 fully saturated rings. The minimum Gasteiger partial charge on any atom is -0.449 e. The Morgan fingerprint density at radius 1 is 1.07 bits per heavy atom. The summed E-state index contributed by atoms with van der Waals surface area (Å²) in [6, 6.07) is 13.8. The number of carbonyl (C=O) groups excluding carboxylic acids is 2. The van der Waals surface area contributed by atoms with E-state index in [1.165, 1.54) is 4.57 Å². The number of aromatic nitrogens is 1. The van der Waals surface area contributed by atoms with Crippen LogP contribution in [0.15, 0.2) is 57.7 Å². The zero-order valence-electron chi connectivity index (χ0n) is 16.3. The van der Waals surface area contributed by atoms with Gasteiger partial charge in [0.05, 0.1) is 12.1 Å². The highest BCUT2D eigenvalue weighted by Gasteiger charge is 2.11. The van der Waals surface area contributed by atoms with Gasteiger partial charge in [-0.05, 0) is 36.2 Å². The maximum absolute atomic E-state index is 12.3. The topological polar surface area (TPSA) is 103 Å². The molecular weight excluding hydrogens is 374 g/mol. The predicted octanol–water partition coefficient (Wildman–Crippen LogP) is 3.83. The monoisotopic (exact) mass is 397 g/mol. The van der Waals surface area contributed by atoms with Gasteiger partial charge in [0.25, 0.3) is 0 Å². The third-order valence-corrected chi connectivity index (χ3v) is 4.08. The molecule has 2 N–H and O–H groups in total. The van der Waals surface area contributed by atoms with Crippen LogP contribution < -0.4 is 16.4 Å². The van der Waals surface area contributed by atoms with Crippen molar-refractivity contribution in [2.24, 2.45) is 5.92 Å². The molecule has 8 nitrogen and oxygen atoms in total. The van der Waals surface area contributed by atoms with Crippen LogP contribution in [0.4, 0.5) is 16.2 Å². The lowest BCUT2D eigenvalue weighted by Gasteiger charge is -2.10. The van der Waals surface area contributed by atoms with E-state index in [9.17, 15) is 14.4 Å². The number of anilines is 2. The van der Waals surface area contributed by atoms with Crippen LogP contribution in [0.5, 0.6) is 0 Å². The van der Waals surface area contributed by atoms with Crippen LogP contribution in [-0.2, 0) is 16.1 Å². The molecule has 0 aliphatic carbocycles. The van der Waals surface area contributed by atoms with Crippen LogP contribution in [0.3, 0.4) is 0 Å². The fourth-order valence-electron chi connectivity index (χ4n) is 2.73. The van der Waals surface area contributed by atoms with Crippen molar-refractivity contribution < 1.29 is 18.7 Å². The van der Waals surface area contributed by atoms with E-state index in [1.54, 1.807) is 48.5 Å². The second-order valence-electron chi connectivity index (χ2n) is 6.98. The molecule has 0 bridgehead atoms. The van der Waals surface area contributed by atoms with Crippen LogP contribution in [0, 0.1) is 5.92 Å². The number of nitrogens with zero attached hydrogens (tertiary/aromatic N) is 1. The molecule has 0 aliphatic rings. The molecule has 0 atom stereocenters. The van der Waals surface area contributed by atoms with Crippen molar-refractivity contribution in [3.63, 3.8) is 0 Å². The van der Waals surface area contributed by atoms with Gasteiger partial charge in [0.2, 0.25) is 5.91 Å². The summed E-state index contributed by atoms with van der Waals surface area (Å²) in [4.78, 5) is 36.0. The number of benzene rings is 2. The average molecular weight is 397 g/mol. The van der Waals surface area contributed by atoms with Crippen molar-refractivity contribution in [2.45, 2.75) is 26.8 Å². The molecular formula is C21H23N3O5. The highest BCUT2D eigenvalue weighted by molar-refractivity contribution is 5.92. The fourth-order valence-corrected chi connectivity index (χ4v) is 2.73. The minimum atomic E-state index is -0.548. The number of rotatable bonds is 7. The normalized spacial score (nSPS) is 10.9. The number of fused-ring (bicyclic) bond motifs is 1. The molecule has 0 spiro atoms. The molecule has 1 aromatic heterocycles. The van der Waals surface area contributed by atoms with Gasteiger partial charge in [-0.15, -0.1) is 0 Å². The predicted molar refractivity (Wildman–Crippen MR) is 110 cm³/mol. The highest BCUT2D eigenvalue weighted by atomic mass is 16.5. The average Bonchev–Trinajstić information content (AvgIpc) is 3.00. The Balaban J connectivity index is 1.57. The molecule has 2 aromatic carbocycles. The number of para-hydroxylation sites is 2. The SMILES string of the molecule is CC(C)COC(=O)Nc1cccc(NC(=O)CCn2c(=O)oc3ccccc32)c1. The first-order valence-electron chi connectivity index (χ1n) is 9.34. The third-order valence-electron chi connectivity index (χ3n) is 4.08. The van der Waals surface area contributed by atoms with E-state index in [2.05, 4.69) is 10.6 Å². The van der Waals surface area contributed by atoms with Crippen molar-refractivity contribution in [1.29, 1.82) is 0 Å². The Morgan fingerprint density at radius 3 is 2.55 bits per heavy atom. The smallest absolute Gasteiger partial charge is 0.419 e. The van der Waals surface area contributed by atoms with Crippen molar-refractivity contribution in [1.82, 2.24) is 4.57 Å². The third kappa shape index (κ3) is 5.47. The molecule has 0 radical (unpaired) electrons. The zero-order valence-corrected chi connectivity index (χ0v) is 16.3. The van der Waals surface area contributed by atoms with Gasteiger partial charge < -0.3 is 14.5 Å². The molecule has 29 heavy (non-hydrogen) atoms. The van der Waals surface area contributed by atoms with Crippen molar-refractivity contribution in [2.75, 3.05) is 17.2 Å². The van der Waals surface area contributed by atoms with Gasteiger partial charge in [0.1, 0.15) is 0 Å². The van der Waals surface area contributed by atoms with Crippen LogP contribution in [-0.4, -0.2) is 23.2 Å². The number of aryl methyl sites for hydroxylation is 1. The summed E-state index contributed by atoms with van der Waals surface area (Å²) in [6.07, 6.45) is -0.453. The second kappa shape index (κ2) is 9.09. The Hall–Kier alpha value is -3.55. The summed E-state index contributed by atoms with van der Waals surface area (Å²) in [5, 5.41) is 5.38. The van der Waals surface area contributed by atoms with E-state index in [1.807, 2.05) is 13.8 Å². The van der Waals surface area contributed by atoms with Crippen LogP contribution in [0.25, 0.3) is 11.1 Å². The lowest BCUT2D eigenvalue weighted by Crippen LogP contribution is -2.20. The quantitative estimate of drug-likeness (QED) is 0.631. The van der Waals surface area contributed by atoms with Gasteiger partial charge in [0.15, 0.2) is 5.58 Å². The molecule has 0 saturated carbocycles. The summed E-state index contributed by atoms with van der Waals surface area (Å²) in [5.41, 5.74) is 2.17. The number of ether oxygens (including phenoxy) is 1. The number of oxazole rings is 1. The van der Waals surface area contributed by atoms with Crippen LogP contribution in [0.2, 0.25) is 0 Å². The Bertz CT molecular complexity index is 1070. The molecule has 3 aromatic rings. The Labute approximate surface area is 167 Å². The van der Waals surface area contributed by atoms with Gasteiger partial charge >= 0.3 is 11.8 Å². The first-order chi connectivity index (χ1) is 13.9. The Morgan fingerprint density at radius 2 is 1.79 bits per heavy atom. The van der Waals surface area contributed by atoms with Gasteiger partial charge in [0, 0.05) is 24.3 Å². The molecule has 1 heterocycles. The van der Waals surface area contributed by atoms with E-state index in [0.29, 0.717) is 29.1 Å². The fraction of sp³-hybridized carbons (Fsp3) is 0.286. The summed E-state index contributed by atoms with van der Waals surface area (Å²) < 4.78 is 11.7. The Kier molecular flexibility index (Phi) is 6.33. The van der Waals surface area contributed by atoms with E-state index in [4.69, 9.17) is 9.15 Å². The van der Waals surface area contributed by atoms with Gasteiger partial charge in [-0.2, -0.15) is 0 Å². The van der Waals surface area contributed by atoms with Crippen LogP contribution >= 0.6 is 0 Å². The molecule has 152 valence electrons. The maximum atomic E-state index is 12.3. The largest absolute Gasteiger partial charge is 0.449 e. The molecule has 3 rings (SSSR count). The van der Waals surface area contributed by atoms with E-state index in [-0.39, 0.29) is 24.8 Å². The van der Waals surface area contributed by atoms with Crippen molar-refractivity contribution >= 4 is 34.5 Å². The first kappa shape index (κ1) is 20.2. The van der Waals surface area contributed by atoms with Crippen molar-refractivity contribution in [3.8, 4) is 0 Å². The van der Waals surface area contributed by atoms with E-state index < -0.39 is 11.8 Å². The lowest BCUT2D eigenvalue weighted by atomic mass is 10.2. The first-order valence-corrected chi connectivity index (χ1v) is 9.34. The maximum Gasteiger partial charge on any atom is 0.419 e. The standard InChI is InChI=1S/C21H23N3O5/c1-14(2)13-28-20(26)23-16-7-5-6-15(12-16)22-19(25)10-11-24-17-8-3-4-9-18(17)29-21(24)27/h3-9,12,14H,10-11,13H2,1-2H3,(H,22,25)(H,23,26). The number of amides is 2. The second-order valence-corrected chi connectivity index (χ2v) is 6.98. The lowest BCUT2D eigenvalue weighted by molar-refractivity contribution is -0.116. The summed E-state index contributed by atoms with van der Waals surface area (Å²) in [5.74, 6) is -0.516. The molecule has 2 amide bonds. The van der Waals surface area contributed by atoms with E-state index in [0.717, 1.165) is 0 Å². The van der Waals surface area contributed by atoms with Crippen LogP contribution in [0.1, 0.15) is 20.3 Å².